The molecule has 3 rings (SSSR count). The van der Waals surface area contributed by atoms with E-state index in [1.54, 1.807) is 0 Å². The van der Waals surface area contributed by atoms with E-state index in [4.69, 9.17) is 14.2 Å². The molecule has 0 bridgehead atoms. The molecule has 0 aromatic heterocycles. The lowest BCUT2D eigenvalue weighted by Crippen LogP contribution is -2.15. The van der Waals surface area contributed by atoms with Crippen LogP contribution in [0, 0.1) is 6.92 Å². The average Bonchev–Trinajstić information content (AvgIpc) is 2.68. The van der Waals surface area contributed by atoms with Gasteiger partial charge in [-0.15, -0.1) is 0 Å². The molecule has 0 saturated heterocycles. The van der Waals surface area contributed by atoms with E-state index in [2.05, 4.69) is 31.2 Å². The van der Waals surface area contributed by atoms with Crippen LogP contribution in [-0.2, 0) is 25.6 Å². The zero-order chi connectivity index (χ0) is 18.2. The number of hydrogen-bond donors (Lipinski definition) is 0. The highest BCUT2D eigenvalue weighted by Gasteiger charge is 2.15. The van der Waals surface area contributed by atoms with E-state index in [-0.39, 0.29) is 13.4 Å². The molecule has 1 atom stereocenters. The third-order valence-electron chi connectivity index (χ3n) is 4.00. The molecule has 0 fully saturated rings. The zero-order valence-corrected chi connectivity index (χ0v) is 14.5. The molecule has 0 radical (unpaired) electrons. The number of ether oxygens (including phenoxy) is 3. The maximum atomic E-state index is 11.0. The summed E-state index contributed by atoms with van der Waals surface area (Å²) in [6, 6.07) is 24.0. The van der Waals surface area contributed by atoms with Gasteiger partial charge in [0.25, 0.3) is 0 Å². The topological polar surface area (TPSA) is 44.8 Å². The van der Waals surface area contributed by atoms with E-state index in [9.17, 15) is 4.79 Å². The largest absolute Gasteiger partial charge is 0.493 e. The van der Waals surface area contributed by atoms with Gasteiger partial charge in [-0.25, -0.2) is 0 Å². The van der Waals surface area contributed by atoms with Gasteiger partial charge in [0.05, 0.1) is 6.61 Å². The first-order chi connectivity index (χ1) is 12.7. The molecule has 0 aliphatic carbocycles. The standard InChI is InChI=1S/C22H21O4/c1-17(23)25-15-22(20-8-3-2-4-9-20)26-16-24-14-18-11-12-19-7-5-6-10-21(19)13-18/h2-13,22H,1,14-16H2/q+1. The molecule has 0 N–H and O–H groups in total. The Morgan fingerprint density at radius 1 is 0.923 bits per heavy atom. The molecule has 0 spiro atoms. The van der Waals surface area contributed by atoms with E-state index in [1.807, 2.05) is 48.5 Å². The predicted octanol–water partition coefficient (Wildman–Crippen LogP) is 4.45. The van der Waals surface area contributed by atoms with E-state index < -0.39 is 12.1 Å². The number of esters is 1. The molecule has 0 aliphatic rings. The van der Waals surface area contributed by atoms with Crippen molar-refractivity contribution in [1.29, 1.82) is 0 Å². The van der Waals surface area contributed by atoms with Crippen LogP contribution < -0.4 is 0 Å². The maximum absolute atomic E-state index is 11.0. The molecule has 132 valence electrons. The van der Waals surface area contributed by atoms with Crippen LogP contribution in [0.2, 0.25) is 0 Å². The van der Waals surface area contributed by atoms with Crippen molar-refractivity contribution >= 4 is 16.7 Å². The quantitative estimate of drug-likeness (QED) is 0.261. The molecular weight excluding hydrogens is 328 g/mol. The van der Waals surface area contributed by atoms with Gasteiger partial charge in [0.2, 0.25) is 0 Å². The third kappa shape index (κ3) is 5.09. The van der Waals surface area contributed by atoms with E-state index >= 15 is 0 Å². The smallest absolute Gasteiger partial charge is 0.427 e. The molecule has 0 amide bonds. The van der Waals surface area contributed by atoms with Gasteiger partial charge in [-0.05, 0) is 28.0 Å². The molecule has 4 nitrogen and oxygen atoms in total. The Kier molecular flexibility index (Phi) is 6.25. The minimum atomic E-state index is -0.577. The van der Waals surface area contributed by atoms with Crippen molar-refractivity contribution in [3.63, 3.8) is 0 Å². The van der Waals surface area contributed by atoms with Crippen molar-refractivity contribution in [1.82, 2.24) is 0 Å². The van der Waals surface area contributed by atoms with Gasteiger partial charge in [0.15, 0.2) is 6.92 Å². The lowest BCUT2D eigenvalue weighted by molar-refractivity contribution is -0.150. The van der Waals surface area contributed by atoms with Gasteiger partial charge in [-0.3, -0.25) is 0 Å². The van der Waals surface area contributed by atoms with Crippen molar-refractivity contribution in [3.05, 3.63) is 90.8 Å². The zero-order valence-electron chi connectivity index (χ0n) is 14.5. The van der Waals surface area contributed by atoms with E-state index in [1.165, 1.54) is 10.8 Å². The highest BCUT2D eigenvalue weighted by Crippen LogP contribution is 2.19. The van der Waals surface area contributed by atoms with Crippen LogP contribution in [0.25, 0.3) is 10.8 Å². The number of carbonyl (C=O) groups excluding carboxylic acids is 1. The second-order valence-corrected chi connectivity index (χ2v) is 5.90. The Labute approximate surface area is 153 Å². The lowest BCUT2D eigenvalue weighted by atomic mass is 10.1. The summed E-state index contributed by atoms with van der Waals surface area (Å²) in [7, 11) is 0. The van der Waals surface area contributed by atoms with Crippen molar-refractivity contribution in [2.45, 2.75) is 12.7 Å². The first-order valence-corrected chi connectivity index (χ1v) is 8.43. The van der Waals surface area contributed by atoms with Crippen LogP contribution in [-0.4, -0.2) is 19.4 Å². The first-order valence-electron chi connectivity index (χ1n) is 8.43. The second kappa shape index (κ2) is 9.04. The third-order valence-corrected chi connectivity index (χ3v) is 4.00. The summed E-state index contributed by atoms with van der Waals surface area (Å²) < 4.78 is 16.4. The minimum Gasteiger partial charge on any atom is -0.427 e. The Morgan fingerprint density at radius 3 is 2.42 bits per heavy atom. The SMILES string of the molecule is [CH2+]C(=O)OCC(OCOCc1ccc2ccccc2c1)c1ccccc1. The first kappa shape index (κ1) is 18.0. The van der Waals surface area contributed by atoms with Gasteiger partial charge in [-0.2, -0.15) is 4.79 Å². The number of rotatable bonds is 8. The molecule has 0 heterocycles. The Balaban J connectivity index is 1.54. The van der Waals surface area contributed by atoms with Crippen molar-refractivity contribution in [3.8, 4) is 0 Å². The number of carbonyl (C=O) groups is 1. The van der Waals surface area contributed by atoms with Crippen molar-refractivity contribution in [2.24, 2.45) is 0 Å². The van der Waals surface area contributed by atoms with Gasteiger partial charge < -0.3 is 14.2 Å². The Morgan fingerprint density at radius 2 is 1.65 bits per heavy atom. The maximum Gasteiger partial charge on any atom is 0.493 e. The monoisotopic (exact) mass is 349 g/mol. The van der Waals surface area contributed by atoms with Crippen LogP contribution in [0.15, 0.2) is 72.8 Å². The predicted molar refractivity (Wildman–Crippen MR) is 100 cm³/mol. The number of fused-ring (bicyclic) bond motifs is 1. The van der Waals surface area contributed by atoms with Crippen LogP contribution in [0.3, 0.4) is 0 Å². The average molecular weight is 349 g/mol. The van der Waals surface area contributed by atoms with Gasteiger partial charge in [0, 0.05) is 0 Å². The molecule has 4 heteroatoms. The highest BCUT2D eigenvalue weighted by atomic mass is 16.7. The molecule has 3 aromatic rings. The highest BCUT2D eigenvalue weighted by molar-refractivity contribution is 5.82. The van der Waals surface area contributed by atoms with Crippen molar-refractivity contribution in [2.75, 3.05) is 13.4 Å². The summed E-state index contributed by atoms with van der Waals surface area (Å²) in [6.07, 6.45) is -0.390. The van der Waals surface area contributed by atoms with Gasteiger partial charge in [-0.1, -0.05) is 66.7 Å². The summed E-state index contributed by atoms with van der Waals surface area (Å²) in [5, 5.41) is 2.38. The summed E-state index contributed by atoms with van der Waals surface area (Å²) in [5.41, 5.74) is 2.00. The summed E-state index contributed by atoms with van der Waals surface area (Å²) >= 11 is 0. The summed E-state index contributed by atoms with van der Waals surface area (Å²) in [5.74, 6) is -0.577. The second-order valence-electron chi connectivity index (χ2n) is 5.90. The van der Waals surface area contributed by atoms with Crippen LogP contribution in [0.1, 0.15) is 17.2 Å². The Hall–Kier alpha value is -2.82. The van der Waals surface area contributed by atoms with Gasteiger partial charge >= 0.3 is 5.97 Å². The molecular formula is C22H21O4+. The fourth-order valence-corrected chi connectivity index (χ4v) is 2.70. The minimum absolute atomic E-state index is 0.0983. The van der Waals surface area contributed by atoms with Crippen LogP contribution in [0.4, 0.5) is 0 Å². The molecule has 26 heavy (non-hydrogen) atoms. The Bertz CT molecular complexity index is 845. The van der Waals surface area contributed by atoms with Crippen LogP contribution >= 0.6 is 0 Å². The molecule has 0 aliphatic heterocycles. The van der Waals surface area contributed by atoms with Gasteiger partial charge in [0.1, 0.15) is 19.5 Å². The molecule has 1 unspecified atom stereocenters. The number of benzene rings is 3. The van der Waals surface area contributed by atoms with Crippen molar-refractivity contribution < 1.29 is 19.0 Å². The lowest BCUT2D eigenvalue weighted by Gasteiger charge is -2.17. The fraction of sp³-hybridized carbons (Fsp3) is 0.182. The normalized spacial score (nSPS) is 12.0. The summed E-state index contributed by atoms with van der Waals surface area (Å²) in [4.78, 5) is 11.0. The van der Waals surface area contributed by atoms with E-state index in [0.717, 1.165) is 11.1 Å². The van der Waals surface area contributed by atoms with E-state index in [0.29, 0.717) is 6.61 Å². The fourth-order valence-electron chi connectivity index (χ4n) is 2.70. The molecule has 3 aromatic carbocycles. The summed E-state index contributed by atoms with van der Waals surface area (Å²) in [6.45, 7) is 3.86. The number of hydrogen-bond acceptors (Lipinski definition) is 4. The van der Waals surface area contributed by atoms with Crippen LogP contribution in [0.5, 0.6) is 0 Å². The molecule has 0 saturated carbocycles.